The van der Waals surface area contributed by atoms with Crippen molar-refractivity contribution in [3.8, 4) is 0 Å². The summed E-state index contributed by atoms with van der Waals surface area (Å²) < 4.78 is 18.9. The largest absolute Gasteiger partial charge is 0.456 e. The smallest absolute Gasteiger partial charge is 0.289 e. The summed E-state index contributed by atoms with van der Waals surface area (Å²) in [7, 11) is 0. The van der Waals surface area contributed by atoms with Crippen LogP contribution in [-0.2, 0) is 4.79 Å². The van der Waals surface area contributed by atoms with Gasteiger partial charge in [0.1, 0.15) is 11.6 Å². The fourth-order valence-corrected chi connectivity index (χ4v) is 3.86. The van der Waals surface area contributed by atoms with Gasteiger partial charge in [0.05, 0.1) is 0 Å². The van der Waals surface area contributed by atoms with E-state index in [0.29, 0.717) is 43.3 Å². The van der Waals surface area contributed by atoms with Crippen molar-refractivity contribution in [1.29, 1.82) is 0 Å². The average molecular weight is 342 g/mol. The third-order valence-corrected chi connectivity index (χ3v) is 5.12. The SMILES string of the molecule is Cc1ccc(C(=O)N2CCC3(CC(=O)N(c4cccc(F)c4)C3)C2)o1. The van der Waals surface area contributed by atoms with Gasteiger partial charge in [-0.2, -0.15) is 0 Å². The van der Waals surface area contributed by atoms with Gasteiger partial charge in [-0.1, -0.05) is 6.07 Å². The zero-order chi connectivity index (χ0) is 17.6. The van der Waals surface area contributed by atoms with E-state index in [9.17, 15) is 14.0 Å². The van der Waals surface area contributed by atoms with Crippen LogP contribution >= 0.6 is 0 Å². The first-order valence-corrected chi connectivity index (χ1v) is 8.37. The van der Waals surface area contributed by atoms with Crippen LogP contribution in [0.15, 0.2) is 40.8 Å². The lowest BCUT2D eigenvalue weighted by atomic mass is 9.86. The first-order valence-electron chi connectivity index (χ1n) is 8.37. The minimum Gasteiger partial charge on any atom is -0.456 e. The van der Waals surface area contributed by atoms with E-state index < -0.39 is 0 Å². The van der Waals surface area contributed by atoms with Gasteiger partial charge in [-0.25, -0.2) is 4.39 Å². The summed E-state index contributed by atoms with van der Waals surface area (Å²) in [5, 5.41) is 0. The predicted octanol–water partition coefficient (Wildman–Crippen LogP) is 3.00. The number of anilines is 1. The standard InChI is InChI=1S/C19H19FN2O3/c1-13-5-6-16(25-13)18(24)21-8-7-19(11-21)10-17(23)22(12-19)15-4-2-3-14(20)9-15/h2-6,9H,7-8,10-12H2,1H3. The van der Waals surface area contributed by atoms with E-state index >= 15 is 0 Å². The lowest BCUT2D eigenvalue weighted by Gasteiger charge is -2.24. The number of amides is 2. The Morgan fingerprint density at radius 1 is 1.24 bits per heavy atom. The third-order valence-electron chi connectivity index (χ3n) is 5.12. The summed E-state index contributed by atoms with van der Waals surface area (Å²) in [6.45, 7) is 3.43. The summed E-state index contributed by atoms with van der Waals surface area (Å²) in [5.41, 5.74) is 0.314. The molecule has 1 unspecified atom stereocenters. The van der Waals surface area contributed by atoms with Crippen LogP contribution in [0.3, 0.4) is 0 Å². The molecule has 2 fully saturated rings. The number of aryl methyl sites for hydroxylation is 1. The molecule has 2 amide bonds. The first-order chi connectivity index (χ1) is 12.0. The molecule has 1 aromatic heterocycles. The number of likely N-dealkylation sites (tertiary alicyclic amines) is 1. The van der Waals surface area contributed by atoms with Crippen LogP contribution in [0.1, 0.15) is 29.2 Å². The van der Waals surface area contributed by atoms with E-state index in [1.54, 1.807) is 41.0 Å². The molecule has 4 rings (SSSR count). The number of carbonyl (C=O) groups is 2. The maximum atomic E-state index is 13.5. The number of rotatable bonds is 2. The Labute approximate surface area is 145 Å². The second kappa shape index (κ2) is 5.72. The van der Waals surface area contributed by atoms with Crippen molar-refractivity contribution in [3.63, 3.8) is 0 Å². The number of hydrogen-bond acceptors (Lipinski definition) is 3. The number of benzene rings is 1. The third kappa shape index (κ3) is 2.81. The summed E-state index contributed by atoms with van der Waals surface area (Å²) in [4.78, 5) is 28.4. The maximum absolute atomic E-state index is 13.5. The van der Waals surface area contributed by atoms with Crippen LogP contribution in [0, 0.1) is 18.2 Å². The van der Waals surface area contributed by atoms with Gasteiger partial charge in [-0.15, -0.1) is 0 Å². The quantitative estimate of drug-likeness (QED) is 0.843. The van der Waals surface area contributed by atoms with Gasteiger partial charge < -0.3 is 14.2 Å². The zero-order valence-corrected chi connectivity index (χ0v) is 14.0. The molecule has 5 nitrogen and oxygen atoms in total. The van der Waals surface area contributed by atoms with Crippen LogP contribution in [0.25, 0.3) is 0 Å². The molecule has 1 atom stereocenters. The van der Waals surface area contributed by atoms with Gasteiger partial charge in [-0.3, -0.25) is 9.59 Å². The van der Waals surface area contributed by atoms with Gasteiger partial charge in [0, 0.05) is 37.2 Å². The van der Waals surface area contributed by atoms with Crippen LogP contribution in [0.5, 0.6) is 0 Å². The second-order valence-corrected chi connectivity index (χ2v) is 7.02. The molecule has 0 radical (unpaired) electrons. The monoisotopic (exact) mass is 342 g/mol. The van der Waals surface area contributed by atoms with E-state index in [2.05, 4.69) is 0 Å². The minimum absolute atomic E-state index is 0.0197. The minimum atomic E-state index is -0.359. The average Bonchev–Trinajstić information content (AvgIpc) is 3.27. The molecule has 0 saturated carbocycles. The Morgan fingerprint density at radius 3 is 2.80 bits per heavy atom. The van der Waals surface area contributed by atoms with Crippen LogP contribution < -0.4 is 4.90 Å². The van der Waals surface area contributed by atoms with Gasteiger partial charge in [0.15, 0.2) is 5.76 Å². The number of hydrogen-bond donors (Lipinski definition) is 0. The van der Waals surface area contributed by atoms with Gasteiger partial charge in [0.25, 0.3) is 5.91 Å². The predicted molar refractivity (Wildman–Crippen MR) is 89.8 cm³/mol. The second-order valence-electron chi connectivity index (χ2n) is 7.02. The molecule has 0 bridgehead atoms. The number of furan rings is 1. The Morgan fingerprint density at radius 2 is 2.08 bits per heavy atom. The fraction of sp³-hybridized carbons (Fsp3) is 0.368. The van der Waals surface area contributed by atoms with Crippen LogP contribution in [0.4, 0.5) is 10.1 Å². The van der Waals surface area contributed by atoms with Gasteiger partial charge in [-0.05, 0) is 43.7 Å². The highest BCUT2D eigenvalue weighted by molar-refractivity contribution is 5.97. The van der Waals surface area contributed by atoms with Crippen LogP contribution in [-0.4, -0.2) is 36.3 Å². The molecule has 0 aliphatic carbocycles. The van der Waals surface area contributed by atoms with Crippen molar-refractivity contribution in [2.24, 2.45) is 5.41 Å². The van der Waals surface area contributed by atoms with Gasteiger partial charge >= 0.3 is 0 Å². The van der Waals surface area contributed by atoms with Crippen molar-refractivity contribution in [2.45, 2.75) is 19.8 Å². The van der Waals surface area contributed by atoms with E-state index in [4.69, 9.17) is 4.42 Å². The highest BCUT2D eigenvalue weighted by Gasteiger charge is 2.49. The number of halogens is 1. The topological polar surface area (TPSA) is 53.8 Å². The highest BCUT2D eigenvalue weighted by atomic mass is 19.1. The number of nitrogens with zero attached hydrogens (tertiary/aromatic N) is 2. The van der Waals surface area contributed by atoms with E-state index in [1.807, 2.05) is 0 Å². The summed E-state index contributed by atoms with van der Waals surface area (Å²) in [6.07, 6.45) is 1.14. The van der Waals surface area contributed by atoms with E-state index in [1.165, 1.54) is 12.1 Å². The van der Waals surface area contributed by atoms with Crippen molar-refractivity contribution in [3.05, 3.63) is 53.7 Å². The molecule has 2 aliphatic heterocycles. The molecule has 2 aliphatic rings. The lowest BCUT2D eigenvalue weighted by Crippen LogP contribution is -2.34. The van der Waals surface area contributed by atoms with Crippen LogP contribution in [0.2, 0.25) is 0 Å². The van der Waals surface area contributed by atoms with Crippen molar-refractivity contribution in [1.82, 2.24) is 4.90 Å². The first kappa shape index (κ1) is 15.9. The fourth-order valence-electron chi connectivity index (χ4n) is 3.86. The molecule has 1 spiro atoms. The Hall–Kier alpha value is -2.63. The zero-order valence-electron chi connectivity index (χ0n) is 14.0. The molecule has 2 saturated heterocycles. The van der Waals surface area contributed by atoms with Crippen molar-refractivity contribution in [2.75, 3.05) is 24.5 Å². The molecule has 3 heterocycles. The molecule has 25 heavy (non-hydrogen) atoms. The van der Waals surface area contributed by atoms with E-state index in [0.717, 1.165) is 6.42 Å². The Bertz CT molecular complexity index is 847. The summed E-state index contributed by atoms with van der Waals surface area (Å²) in [5.74, 6) is 0.518. The normalized spacial score (nSPS) is 23.0. The lowest BCUT2D eigenvalue weighted by molar-refractivity contribution is -0.117. The maximum Gasteiger partial charge on any atom is 0.289 e. The molecule has 1 aromatic carbocycles. The van der Waals surface area contributed by atoms with Crippen molar-refractivity contribution >= 4 is 17.5 Å². The summed E-state index contributed by atoms with van der Waals surface area (Å²) >= 11 is 0. The Balaban J connectivity index is 1.51. The molecular formula is C19H19FN2O3. The molecule has 2 aromatic rings. The molecule has 6 heteroatoms. The molecule has 0 N–H and O–H groups in total. The molecule has 130 valence electrons. The van der Waals surface area contributed by atoms with Crippen molar-refractivity contribution < 1.29 is 18.4 Å². The van der Waals surface area contributed by atoms with E-state index in [-0.39, 0.29) is 23.0 Å². The number of carbonyl (C=O) groups excluding carboxylic acids is 2. The molecular weight excluding hydrogens is 323 g/mol. The summed E-state index contributed by atoms with van der Waals surface area (Å²) in [6, 6.07) is 9.53. The highest BCUT2D eigenvalue weighted by Crippen LogP contribution is 2.42. The Kier molecular flexibility index (Phi) is 3.63. The van der Waals surface area contributed by atoms with Gasteiger partial charge in [0.2, 0.25) is 5.91 Å².